The van der Waals surface area contributed by atoms with Gasteiger partial charge in [0.05, 0.1) is 0 Å². The summed E-state index contributed by atoms with van der Waals surface area (Å²) >= 11 is 0. The summed E-state index contributed by atoms with van der Waals surface area (Å²) in [4.78, 5) is 15.0. The number of rotatable bonds is 15. The lowest BCUT2D eigenvalue weighted by atomic mass is 10.3. The van der Waals surface area contributed by atoms with E-state index in [2.05, 4.69) is 54.0 Å². The van der Waals surface area contributed by atoms with E-state index in [4.69, 9.17) is 0 Å². The van der Waals surface area contributed by atoms with Gasteiger partial charge in [-0.1, -0.05) is 18.2 Å². The van der Waals surface area contributed by atoms with E-state index in [0.29, 0.717) is 0 Å². The van der Waals surface area contributed by atoms with Crippen LogP contribution in [0.4, 0.5) is 0 Å². The van der Waals surface area contributed by atoms with Crippen LogP contribution in [0.3, 0.4) is 0 Å². The summed E-state index contributed by atoms with van der Waals surface area (Å²) in [6.07, 6.45) is 11.2. The number of nitrogens with zero attached hydrogens (tertiary/aromatic N) is 4. The minimum absolute atomic E-state index is 0.847. The van der Waals surface area contributed by atoms with Crippen LogP contribution in [-0.2, 0) is 19.6 Å². The van der Waals surface area contributed by atoms with Crippen LogP contribution in [-0.4, -0.2) is 59.1 Å². The summed E-state index contributed by atoms with van der Waals surface area (Å²) in [5.41, 5.74) is 3.64. The fourth-order valence-electron chi connectivity index (χ4n) is 3.25. The van der Waals surface area contributed by atoms with Crippen molar-refractivity contribution in [3.63, 3.8) is 0 Å². The lowest BCUT2D eigenvalue weighted by Gasteiger charge is -2.23. The largest absolute Gasteiger partial charge is 0.311 e. The fourth-order valence-corrected chi connectivity index (χ4v) is 3.25. The first kappa shape index (κ1) is 23.0. The Hall–Kier alpha value is -2.71. The van der Waals surface area contributed by atoms with E-state index in [-0.39, 0.29) is 0 Å². The smallest absolute Gasteiger partial charge is 0.0312 e. The maximum atomic E-state index is 4.17. The lowest BCUT2D eigenvalue weighted by Crippen LogP contribution is -2.40. The Kier molecular flexibility index (Phi) is 10.6. The summed E-state index contributed by atoms with van der Waals surface area (Å²) in [5, 5.41) is 10.6. The molecule has 0 saturated heterocycles. The van der Waals surface area contributed by atoms with Gasteiger partial charge in [0.15, 0.2) is 0 Å². The second-order valence-corrected chi connectivity index (χ2v) is 7.46. The Morgan fingerprint density at radius 2 is 0.903 bits per heavy atom. The molecule has 0 aromatic carbocycles. The summed E-state index contributed by atoms with van der Waals surface area (Å²) in [5.74, 6) is 0. The summed E-state index contributed by atoms with van der Waals surface area (Å²) < 4.78 is 0. The average molecular weight is 420 g/mol. The zero-order chi connectivity index (χ0) is 21.4. The minimum Gasteiger partial charge on any atom is -0.311 e. The van der Waals surface area contributed by atoms with Gasteiger partial charge in [0.25, 0.3) is 0 Å². The van der Waals surface area contributed by atoms with Crippen molar-refractivity contribution in [2.24, 2.45) is 0 Å². The Labute approximate surface area is 185 Å². The van der Waals surface area contributed by atoms with Gasteiger partial charge in [0.1, 0.15) is 0 Å². The number of nitrogens with one attached hydrogen (secondary N) is 3. The minimum atomic E-state index is 0.847. The van der Waals surface area contributed by atoms with E-state index in [9.17, 15) is 0 Å². The number of pyridine rings is 3. The van der Waals surface area contributed by atoms with E-state index in [1.165, 1.54) is 16.7 Å². The molecule has 0 saturated carbocycles. The SMILES string of the molecule is c1cncc(CNCCN(CCNCc2cccnc2)CCNCc2cccnc2)c1. The van der Waals surface area contributed by atoms with Gasteiger partial charge in [-0.2, -0.15) is 0 Å². The third kappa shape index (κ3) is 9.76. The first-order chi connectivity index (χ1) is 15.4. The number of aromatic nitrogens is 3. The third-order valence-corrected chi connectivity index (χ3v) is 4.97. The first-order valence-electron chi connectivity index (χ1n) is 10.9. The zero-order valence-corrected chi connectivity index (χ0v) is 18.1. The molecule has 3 heterocycles. The average Bonchev–Trinajstić information content (AvgIpc) is 2.83. The van der Waals surface area contributed by atoms with Crippen LogP contribution >= 0.6 is 0 Å². The van der Waals surface area contributed by atoms with Crippen LogP contribution in [0.25, 0.3) is 0 Å². The molecule has 31 heavy (non-hydrogen) atoms. The van der Waals surface area contributed by atoms with E-state index in [0.717, 1.165) is 58.9 Å². The molecule has 7 heteroatoms. The van der Waals surface area contributed by atoms with Gasteiger partial charge in [-0.3, -0.25) is 19.9 Å². The van der Waals surface area contributed by atoms with Crippen LogP contribution in [0.15, 0.2) is 73.6 Å². The Morgan fingerprint density at radius 3 is 1.19 bits per heavy atom. The van der Waals surface area contributed by atoms with E-state index < -0.39 is 0 Å². The number of hydrogen-bond acceptors (Lipinski definition) is 7. The Morgan fingerprint density at radius 1 is 0.548 bits per heavy atom. The fraction of sp³-hybridized carbons (Fsp3) is 0.375. The molecule has 0 bridgehead atoms. The first-order valence-corrected chi connectivity index (χ1v) is 10.9. The monoisotopic (exact) mass is 419 g/mol. The quantitative estimate of drug-likeness (QED) is 0.325. The number of hydrogen-bond donors (Lipinski definition) is 3. The van der Waals surface area contributed by atoms with E-state index in [1.54, 1.807) is 0 Å². The predicted molar refractivity (Wildman–Crippen MR) is 124 cm³/mol. The molecule has 3 aromatic rings. The van der Waals surface area contributed by atoms with Crippen molar-refractivity contribution >= 4 is 0 Å². The topological polar surface area (TPSA) is 78.0 Å². The molecule has 0 spiro atoms. The molecule has 3 aromatic heterocycles. The van der Waals surface area contributed by atoms with Crippen molar-refractivity contribution < 1.29 is 0 Å². The highest BCUT2D eigenvalue weighted by atomic mass is 15.2. The van der Waals surface area contributed by atoms with Crippen LogP contribution < -0.4 is 16.0 Å². The molecule has 0 unspecified atom stereocenters. The summed E-state index contributed by atoms with van der Waals surface area (Å²) in [7, 11) is 0. The van der Waals surface area contributed by atoms with Gasteiger partial charge >= 0.3 is 0 Å². The summed E-state index contributed by atoms with van der Waals surface area (Å²) in [6, 6.07) is 12.2. The van der Waals surface area contributed by atoms with Gasteiger partial charge in [0.2, 0.25) is 0 Å². The predicted octanol–water partition coefficient (Wildman–Crippen LogP) is 1.84. The van der Waals surface area contributed by atoms with Crippen molar-refractivity contribution in [3.05, 3.63) is 90.3 Å². The molecule has 164 valence electrons. The highest BCUT2D eigenvalue weighted by molar-refractivity contribution is 5.09. The molecular weight excluding hydrogens is 386 g/mol. The normalized spacial score (nSPS) is 11.1. The highest BCUT2D eigenvalue weighted by Gasteiger charge is 2.05. The van der Waals surface area contributed by atoms with Gasteiger partial charge in [-0.15, -0.1) is 0 Å². The molecule has 0 radical (unpaired) electrons. The molecule has 3 N–H and O–H groups in total. The molecule has 0 amide bonds. The molecular formula is C24H33N7. The standard InChI is InChI=1S/C24H33N7/c1-4-22(16-25-7-1)19-28-10-13-31(14-11-29-20-23-5-2-8-26-17-23)15-12-30-21-24-6-3-9-27-18-24/h1-9,16-18,28-30H,10-15,19-21H2. The van der Waals surface area contributed by atoms with Gasteiger partial charge in [-0.05, 0) is 34.9 Å². The van der Waals surface area contributed by atoms with Crippen LogP contribution in [0.5, 0.6) is 0 Å². The molecule has 3 rings (SSSR count). The lowest BCUT2D eigenvalue weighted by molar-refractivity contribution is 0.271. The van der Waals surface area contributed by atoms with Crippen LogP contribution in [0.1, 0.15) is 16.7 Å². The van der Waals surface area contributed by atoms with Crippen LogP contribution in [0.2, 0.25) is 0 Å². The third-order valence-electron chi connectivity index (χ3n) is 4.97. The van der Waals surface area contributed by atoms with Gasteiger partial charge in [-0.25, -0.2) is 0 Å². The van der Waals surface area contributed by atoms with Crippen LogP contribution in [0, 0.1) is 0 Å². The molecule has 0 fully saturated rings. The molecule has 0 atom stereocenters. The zero-order valence-electron chi connectivity index (χ0n) is 18.1. The van der Waals surface area contributed by atoms with E-state index in [1.807, 2.05) is 55.4 Å². The maximum Gasteiger partial charge on any atom is 0.0312 e. The van der Waals surface area contributed by atoms with Gasteiger partial charge in [0, 0.05) is 96.1 Å². The van der Waals surface area contributed by atoms with Crippen molar-refractivity contribution in [1.82, 2.24) is 35.8 Å². The van der Waals surface area contributed by atoms with Crippen molar-refractivity contribution in [2.75, 3.05) is 39.3 Å². The molecule has 7 nitrogen and oxygen atoms in total. The second kappa shape index (κ2) is 14.3. The molecule has 0 aliphatic carbocycles. The summed E-state index contributed by atoms with van der Waals surface area (Å²) in [6.45, 7) is 8.39. The van der Waals surface area contributed by atoms with Crippen molar-refractivity contribution in [2.45, 2.75) is 19.6 Å². The highest BCUT2D eigenvalue weighted by Crippen LogP contribution is 1.97. The second-order valence-electron chi connectivity index (χ2n) is 7.46. The molecule has 0 aliphatic heterocycles. The van der Waals surface area contributed by atoms with E-state index >= 15 is 0 Å². The Bertz CT molecular complexity index is 702. The maximum absolute atomic E-state index is 4.17. The molecule has 0 aliphatic rings. The van der Waals surface area contributed by atoms with Gasteiger partial charge < -0.3 is 16.0 Å². The van der Waals surface area contributed by atoms with Crippen molar-refractivity contribution in [1.29, 1.82) is 0 Å². The Balaban J connectivity index is 1.36. The van der Waals surface area contributed by atoms with Crippen molar-refractivity contribution in [3.8, 4) is 0 Å².